The van der Waals surface area contributed by atoms with Crippen LogP contribution >= 0.6 is 0 Å². The number of aliphatic hydroxyl groups excluding tert-OH is 1. The predicted octanol–water partition coefficient (Wildman–Crippen LogP) is 2.45. The molecule has 0 spiro atoms. The van der Waals surface area contributed by atoms with E-state index in [1.807, 2.05) is 26.0 Å². The summed E-state index contributed by atoms with van der Waals surface area (Å²) in [5, 5.41) is 10.2. The molecule has 2 rings (SSSR count). The Labute approximate surface area is 119 Å². The molecule has 1 N–H and O–H groups in total. The molecule has 0 saturated carbocycles. The largest absolute Gasteiger partial charge is 0.463 e. The molecule has 0 unspecified atom stereocenters. The minimum absolute atomic E-state index is 0.146. The maximum absolute atomic E-state index is 10.9. The third-order valence-corrected chi connectivity index (χ3v) is 3.69. The fourth-order valence-corrected chi connectivity index (χ4v) is 2.55. The van der Waals surface area contributed by atoms with E-state index in [2.05, 4.69) is 6.07 Å². The highest BCUT2D eigenvalue weighted by Gasteiger charge is 2.32. The number of benzene rings is 1. The molecule has 1 heterocycles. The van der Waals surface area contributed by atoms with Gasteiger partial charge in [0.2, 0.25) is 0 Å². The summed E-state index contributed by atoms with van der Waals surface area (Å²) in [5.74, 6) is -0.303. The molecule has 1 aliphatic heterocycles. The van der Waals surface area contributed by atoms with Crippen molar-refractivity contribution in [2.75, 3.05) is 6.61 Å². The van der Waals surface area contributed by atoms with E-state index in [9.17, 15) is 9.90 Å². The van der Waals surface area contributed by atoms with Crippen molar-refractivity contribution in [3.05, 3.63) is 34.9 Å². The monoisotopic (exact) mass is 278 g/mol. The number of ether oxygens (including phenoxy) is 2. The summed E-state index contributed by atoms with van der Waals surface area (Å²) in [4.78, 5) is 10.9. The topological polar surface area (TPSA) is 55.8 Å². The Hall–Kier alpha value is -1.39. The van der Waals surface area contributed by atoms with Gasteiger partial charge >= 0.3 is 5.97 Å². The maximum Gasteiger partial charge on any atom is 0.302 e. The number of carbonyl (C=O) groups is 1. The molecule has 0 aromatic heterocycles. The van der Waals surface area contributed by atoms with Crippen LogP contribution in [0.4, 0.5) is 0 Å². The van der Waals surface area contributed by atoms with Gasteiger partial charge in [-0.2, -0.15) is 0 Å². The van der Waals surface area contributed by atoms with Crippen LogP contribution in [0, 0.1) is 13.8 Å². The van der Waals surface area contributed by atoms with Gasteiger partial charge in [-0.15, -0.1) is 0 Å². The third-order valence-electron chi connectivity index (χ3n) is 3.69. The van der Waals surface area contributed by atoms with Gasteiger partial charge in [0.15, 0.2) is 0 Å². The standard InChI is InChI=1S/C16H22O4/c1-10-4-5-11(2)14(8-10)16-15(18)7-6-13(20-16)9-19-12(3)17/h4-5,8,13,15-16,18H,6-7,9H2,1-3H3/t13-,15+,16+/m0/s1. The van der Waals surface area contributed by atoms with E-state index in [-0.39, 0.29) is 24.8 Å². The predicted molar refractivity (Wildman–Crippen MR) is 75.4 cm³/mol. The van der Waals surface area contributed by atoms with Crippen LogP contribution in [-0.4, -0.2) is 29.9 Å². The van der Waals surface area contributed by atoms with E-state index in [0.29, 0.717) is 12.8 Å². The highest BCUT2D eigenvalue weighted by Crippen LogP contribution is 2.33. The minimum atomic E-state index is -0.510. The van der Waals surface area contributed by atoms with E-state index in [1.165, 1.54) is 6.92 Å². The lowest BCUT2D eigenvalue weighted by molar-refractivity contribution is -0.159. The van der Waals surface area contributed by atoms with Gasteiger partial charge in [-0.25, -0.2) is 0 Å². The van der Waals surface area contributed by atoms with Crippen molar-refractivity contribution in [3.63, 3.8) is 0 Å². The second-order valence-corrected chi connectivity index (χ2v) is 5.49. The molecule has 110 valence electrons. The first kappa shape index (κ1) is 15.0. The molecule has 0 amide bonds. The van der Waals surface area contributed by atoms with Gasteiger partial charge in [-0.1, -0.05) is 23.8 Å². The highest BCUT2D eigenvalue weighted by atomic mass is 16.6. The number of rotatable bonds is 3. The number of hydrogen-bond donors (Lipinski definition) is 1. The fourth-order valence-electron chi connectivity index (χ4n) is 2.55. The number of aliphatic hydroxyl groups is 1. The molecule has 4 nitrogen and oxygen atoms in total. The van der Waals surface area contributed by atoms with Crippen molar-refractivity contribution >= 4 is 5.97 Å². The molecule has 1 aliphatic rings. The Balaban J connectivity index is 2.12. The summed E-state index contributed by atoms with van der Waals surface area (Å²) in [6.07, 6.45) is 0.361. The second-order valence-electron chi connectivity index (χ2n) is 5.49. The molecule has 4 heteroatoms. The molecule has 1 fully saturated rings. The average Bonchev–Trinajstić information content (AvgIpc) is 2.41. The maximum atomic E-state index is 10.9. The Bertz CT molecular complexity index is 483. The van der Waals surface area contributed by atoms with Crippen LogP contribution in [0.15, 0.2) is 18.2 Å². The molecular formula is C16H22O4. The Morgan fingerprint density at radius 3 is 2.85 bits per heavy atom. The van der Waals surface area contributed by atoms with Crippen LogP contribution in [0.5, 0.6) is 0 Å². The summed E-state index contributed by atoms with van der Waals surface area (Å²) < 4.78 is 11.0. The molecule has 0 aliphatic carbocycles. The molecule has 0 radical (unpaired) electrons. The quantitative estimate of drug-likeness (QED) is 0.863. The normalized spacial score (nSPS) is 26.3. The molecule has 1 aromatic rings. The van der Waals surface area contributed by atoms with E-state index in [0.717, 1.165) is 16.7 Å². The summed E-state index contributed by atoms with van der Waals surface area (Å²) >= 11 is 0. The van der Waals surface area contributed by atoms with Crippen molar-refractivity contribution in [1.82, 2.24) is 0 Å². The van der Waals surface area contributed by atoms with Crippen molar-refractivity contribution in [3.8, 4) is 0 Å². The van der Waals surface area contributed by atoms with Gasteiger partial charge in [0.25, 0.3) is 0 Å². The van der Waals surface area contributed by atoms with Crippen molar-refractivity contribution in [2.24, 2.45) is 0 Å². The number of aryl methyl sites for hydroxylation is 2. The SMILES string of the molecule is CC(=O)OC[C@@H]1CC[C@@H](O)[C@@H](c2cc(C)ccc2C)O1. The van der Waals surface area contributed by atoms with Gasteiger partial charge in [0, 0.05) is 6.92 Å². The van der Waals surface area contributed by atoms with Gasteiger partial charge < -0.3 is 14.6 Å². The van der Waals surface area contributed by atoms with Crippen LogP contribution in [0.1, 0.15) is 42.6 Å². The summed E-state index contributed by atoms with van der Waals surface area (Å²) in [6, 6.07) is 6.14. The second kappa shape index (κ2) is 6.37. The number of hydrogen-bond acceptors (Lipinski definition) is 4. The Morgan fingerprint density at radius 2 is 2.15 bits per heavy atom. The zero-order valence-corrected chi connectivity index (χ0v) is 12.3. The highest BCUT2D eigenvalue weighted by molar-refractivity contribution is 5.65. The number of esters is 1. The zero-order chi connectivity index (χ0) is 14.7. The first-order chi connectivity index (χ1) is 9.47. The summed E-state index contributed by atoms with van der Waals surface area (Å²) in [7, 11) is 0. The molecule has 20 heavy (non-hydrogen) atoms. The fraction of sp³-hybridized carbons (Fsp3) is 0.562. The summed E-state index contributed by atoms with van der Waals surface area (Å²) in [6.45, 7) is 5.68. The van der Waals surface area contributed by atoms with Crippen molar-refractivity contribution in [1.29, 1.82) is 0 Å². The molecular weight excluding hydrogens is 256 g/mol. The van der Waals surface area contributed by atoms with Crippen LogP contribution in [0.25, 0.3) is 0 Å². The lowest BCUT2D eigenvalue weighted by atomic mass is 9.92. The first-order valence-corrected chi connectivity index (χ1v) is 7.01. The first-order valence-electron chi connectivity index (χ1n) is 7.01. The zero-order valence-electron chi connectivity index (χ0n) is 12.3. The minimum Gasteiger partial charge on any atom is -0.463 e. The molecule has 0 bridgehead atoms. The van der Waals surface area contributed by atoms with E-state index < -0.39 is 6.10 Å². The molecule has 1 aromatic carbocycles. The van der Waals surface area contributed by atoms with E-state index in [1.54, 1.807) is 0 Å². The van der Waals surface area contributed by atoms with Gasteiger partial charge in [0.1, 0.15) is 12.7 Å². The lowest BCUT2D eigenvalue weighted by Gasteiger charge is -2.34. The van der Waals surface area contributed by atoms with E-state index in [4.69, 9.17) is 9.47 Å². The average molecular weight is 278 g/mol. The Kier molecular flexibility index (Phi) is 4.78. The van der Waals surface area contributed by atoms with Crippen molar-refractivity contribution < 1.29 is 19.4 Å². The van der Waals surface area contributed by atoms with Crippen molar-refractivity contribution in [2.45, 2.75) is 51.9 Å². The third kappa shape index (κ3) is 3.58. The van der Waals surface area contributed by atoms with E-state index >= 15 is 0 Å². The van der Waals surface area contributed by atoms with Gasteiger partial charge in [-0.3, -0.25) is 4.79 Å². The van der Waals surface area contributed by atoms with Crippen LogP contribution in [0.2, 0.25) is 0 Å². The Morgan fingerprint density at radius 1 is 1.40 bits per heavy atom. The lowest BCUT2D eigenvalue weighted by Crippen LogP contribution is -2.36. The van der Waals surface area contributed by atoms with Gasteiger partial charge in [-0.05, 0) is 37.8 Å². The molecule has 3 atom stereocenters. The smallest absolute Gasteiger partial charge is 0.302 e. The number of carbonyl (C=O) groups excluding carboxylic acids is 1. The van der Waals surface area contributed by atoms with Gasteiger partial charge in [0.05, 0.1) is 12.2 Å². The summed E-state index contributed by atoms with van der Waals surface area (Å²) in [5.41, 5.74) is 3.27. The van der Waals surface area contributed by atoms with Crippen LogP contribution in [-0.2, 0) is 14.3 Å². The molecule has 1 saturated heterocycles. The van der Waals surface area contributed by atoms with Crippen LogP contribution in [0.3, 0.4) is 0 Å². The van der Waals surface area contributed by atoms with Crippen LogP contribution < -0.4 is 0 Å².